The van der Waals surface area contributed by atoms with Gasteiger partial charge in [-0.3, -0.25) is 4.79 Å². The smallest absolute Gasteiger partial charge is 0.360 e. The van der Waals surface area contributed by atoms with Gasteiger partial charge in [0.1, 0.15) is 0 Å². The Hall–Kier alpha value is -4.19. The Balaban J connectivity index is 1.55. The molecule has 3 aromatic rings. The van der Waals surface area contributed by atoms with Crippen molar-refractivity contribution >= 4 is 23.3 Å². The van der Waals surface area contributed by atoms with Crippen molar-refractivity contribution in [2.75, 3.05) is 24.3 Å². The molecule has 140 valence electrons. The lowest BCUT2D eigenvalue weighted by atomic mass is 10.2. The maximum absolute atomic E-state index is 12.0. The fraction of sp³-hybridized carbons (Fsp3) is 0.105. The number of hydrogen-bond acceptors (Lipinski definition) is 7. The first kappa shape index (κ1) is 18.6. The molecule has 0 saturated heterocycles. The summed E-state index contributed by atoms with van der Waals surface area (Å²) in [6, 6.07) is 15.8. The lowest BCUT2D eigenvalue weighted by molar-refractivity contribution is -0.114. The normalized spacial score (nSPS) is 10.0. The van der Waals surface area contributed by atoms with Crippen LogP contribution in [0.5, 0.6) is 0 Å². The summed E-state index contributed by atoms with van der Waals surface area (Å²) in [5.41, 5.74) is 2.71. The van der Waals surface area contributed by atoms with Crippen LogP contribution in [-0.2, 0) is 9.53 Å². The van der Waals surface area contributed by atoms with Crippen LogP contribution in [0.4, 0.5) is 11.4 Å². The Bertz CT molecular complexity index is 1020. The van der Waals surface area contributed by atoms with Gasteiger partial charge in [0.15, 0.2) is 5.69 Å². The minimum absolute atomic E-state index is 0.0785. The fourth-order valence-electron chi connectivity index (χ4n) is 2.34. The van der Waals surface area contributed by atoms with Crippen LogP contribution in [0, 0.1) is 11.3 Å². The molecule has 0 unspecified atom stereocenters. The molecule has 0 spiro atoms. The van der Waals surface area contributed by atoms with Crippen molar-refractivity contribution in [2.24, 2.45) is 0 Å². The minimum Gasteiger partial charge on any atom is -0.464 e. The SMILES string of the molecule is COC(=O)c1cn(-c2ccc(NCC(=O)Nc3ccc(C#N)cc3)cc2)nn1. The first-order valence-electron chi connectivity index (χ1n) is 8.24. The molecule has 9 nitrogen and oxygen atoms in total. The van der Waals surface area contributed by atoms with E-state index in [1.54, 1.807) is 48.5 Å². The standard InChI is InChI=1S/C19H16N6O3/c1-28-19(27)17-12-25(24-23-17)16-8-6-14(7-9-16)21-11-18(26)22-15-4-2-13(10-20)3-5-15/h2-9,12,21H,11H2,1H3,(H,22,26). The van der Waals surface area contributed by atoms with E-state index >= 15 is 0 Å². The number of aromatic nitrogens is 3. The van der Waals surface area contributed by atoms with Crippen molar-refractivity contribution in [3.8, 4) is 11.8 Å². The van der Waals surface area contributed by atoms with E-state index in [9.17, 15) is 9.59 Å². The Morgan fingerprint density at radius 2 is 1.79 bits per heavy atom. The molecule has 0 bridgehead atoms. The van der Waals surface area contributed by atoms with Crippen LogP contribution in [0.3, 0.4) is 0 Å². The Kier molecular flexibility index (Phi) is 5.62. The predicted molar refractivity (Wildman–Crippen MR) is 101 cm³/mol. The molecule has 0 aliphatic rings. The molecule has 0 saturated carbocycles. The molecule has 1 aromatic heterocycles. The van der Waals surface area contributed by atoms with E-state index < -0.39 is 5.97 Å². The van der Waals surface area contributed by atoms with E-state index in [4.69, 9.17) is 5.26 Å². The maximum atomic E-state index is 12.0. The van der Waals surface area contributed by atoms with Crippen molar-refractivity contribution in [2.45, 2.75) is 0 Å². The van der Waals surface area contributed by atoms with Crippen molar-refractivity contribution in [1.29, 1.82) is 5.26 Å². The topological polar surface area (TPSA) is 122 Å². The molecule has 0 radical (unpaired) electrons. The molecular formula is C19H16N6O3. The maximum Gasteiger partial charge on any atom is 0.360 e. The Morgan fingerprint density at radius 3 is 2.43 bits per heavy atom. The van der Waals surface area contributed by atoms with Crippen LogP contribution >= 0.6 is 0 Å². The number of ether oxygens (including phenoxy) is 1. The molecule has 2 N–H and O–H groups in total. The molecule has 0 fully saturated rings. The van der Waals surface area contributed by atoms with Crippen LogP contribution in [0.25, 0.3) is 5.69 Å². The highest BCUT2D eigenvalue weighted by molar-refractivity contribution is 5.93. The number of anilines is 2. The first-order valence-corrected chi connectivity index (χ1v) is 8.24. The van der Waals surface area contributed by atoms with Gasteiger partial charge in [-0.05, 0) is 48.5 Å². The van der Waals surface area contributed by atoms with Gasteiger partial charge in [-0.2, -0.15) is 5.26 Å². The van der Waals surface area contributed by atoms with E-state index in [1.165, 1.54) is 18.0 Å². The van der Waals surface area contributed by atoms with Gasteiger partial charge in [-0.15, -0.1) is 5.10 Å². The van der Waals surface area contributed by atoms with Crippen LogP contribution in [-0.4, -0.2) is 40.5 Å². The summed E-state index contributed by atoms with van der Waals surface area (Å²) in [4.78, 5) is 23.4. The molecule has 1 amide bonds. The minimum atomic E-state index is -0.558. The third-order valence-corrected chi connectivity index (χ3v) is 3.77. The summed E-state index contributed by atoms with van der Waals surface area (Å²) >= 11 is 0. The van der Waals surface area contributed by atoms with Gasteiger partial charge in [0.25, 0.3) is 0 Å². The number of carbonyl (C=O) groups excluding carboxylic acids is 2. The number of esters is 1. The van der Waals surface area contributed by atoms with Gasteiger partial charge in [-0.25, -0.2) is 9.48 Å². The molecule has 2 aromatic carbocycles. The number of benzene rings is 2. The molecule has 1 heterocycles. The fourth-order valence-corrected chi connectivity index (χ4v) is 2.34. The largest absolute Gasteiger partial charge is 0.464 e. The van der Waals surface area contributed by atoms with Crippen molar-refractivity contribution in [3.05, 3.63) is 66.0 Å². The van der Waals surface area contributed by atoms with Crippen molar-refractivity contribution in [1.82, 2.24) is 15.0 Å². The lowest BCUT2D eigenvalue weighted by Gasteiger charge is -2.08. The zero-order valence-electron chi connectivity index (χ0n) is 14.9. The third-order valence-electron chi connectivity index (χ3n) is 3.77. The van der Waals surface area contributed by atoms with Gasteiger partial charge in [0.05, 0.1) is 37.2 Å². The highest BCUT2D eigenvalue weighted by Crippen LogP contribution is 2.13. The van der Waals surface area contributed by atoms with Gasteiger partial charge >= 0.3 is 5.97 Å². The van der Waals surface area contributed by atoms with Crippen LogP contribution < -0.4 is 10.6 Å². The third kappa shape index (κ3) is 4.50. The molecule has 3 rings (SSSR count). The van der Waals surface area contributed by atoms with E-state index in [2.05, 4.69) is 25.7 Å². The highest BCUT2D eigenvalue weighted by Gasteiger charge is 2.11. The van der Waals surface area contributed by atoms with Crippen molar-refractivity contribution < 1.29 is 14.3 Å². The molecule has 0 aliphatic heterocycles. The highest BCUT2D eigenvalue weighted by atomic mass is 16.5. The average molecular weight is 376 g/mol. The molecule has 9 heteroatoms. The number of methoxy groups -OCH3 is 1. The summed E-state index contributed by atoms with van der Waals surface area (Å²) in [6.45, 7) is 0.0785. The molecule has 0 aliphatic carbocycles. The van der Waals surface area contributed by atoms with E-state index in [0.717, 1.165) is 5.69 Å². The summed E-state index contributed by atoms with van der Waals surface area (Å²) in [6.07, 6.45) is 1.47. The number of nitrogens with zero attached hydrogens (tertiary/aromatic N) is 4. The number of hydrogen-bond donors (Lipinski definition) is 2. The van der Waals surface area contributed by atoms with E-state index in [1.807, 2.05) is 6.07 Å². The van der Waals surface area contributed by atoms with Gasteiger partial charge in [-0.1, -0.05) is 5.21 Å². The zero-order valence-corrected chi connectivity index (χ0v) is 14.9. The summed E-state index contributed by atoms with van der Waals surface area (Å²) in [5, 5.41) is 22.2. The van der Waals surface area contributed by atoms with Crippen LogP contribution in [0.1, 0.15) is 16.1 Å². The molecular weight excluding hydrogens is 360 g/mol. The quantitative estimate of drug-likeness (QED) is 0.631. The molecule has 28 heavy (non-hydrogen) atoms. The van der Waals surface area contributed by atoms with E-state index in [-0.39, 0.29) is 18.1 Å². The van der Waals surface area contributed by atoms with Crippen molar-refractivity contribution in [3.63, 3.8) is 0 Å². The summed E-state index contributed by atoms with van der Waals surface area (Å²) in [7, 11) is 1.28. The second-order valence-electron chi connectivity index (χ2n) is 5.68. The number of nitrogens with one attached hydrogen (secondary N) is 2. The Labute approximate surface area is 160 Å². The second kappa shape index (κ2) is 8.46. The average Bonchev–Trinajstić information content (AvgIpc) is 3.23. The first-order chi connectivity index (χ1) is 13.6. The second-order valence-corrected chi connectivity index (χ2v) is 5.68. The summed E-state index contributed by atoms with van der Waals surface area (Å²) in [5.74, 6) is -0.773. The van der Waals surface area contributed by atoms with Crippen LogP contribution in [0.2, 0.25) is 0 Å². The van der Waals surface area contributed by atoms with Crippen LogP contribution in [0.15, 0.2) is 54.7 Å². The lowest BCUT2D eigenvalue weighted by Crippen LogP contribution is -2.21. The van der Waals surface area contributed by atoms with Gasteiger partial charge < -0.3 is 15.4 Å². The number of nitriles is 1. The Morgan fingerprint density at radius 1 is 1.11 bits per heavy atom. The van der Waals surface area contributed by atoms with E-state index in [0.29, 0.717) is 16.9 Å². The number of amides is 1. The van der Waals surface area contributed by atoms with Gasteiger partial charge in [0.2, 0.25) is 5.91 Å². The number of rotatable bonds is 6. The monoisotopic (exact) mass is 376 g/mol. The zero-order chi connectivity index (χ0) is 19.9. The number of carbonyl (C=O) groups is 2. The summed E-state index contributed by atoms with van der Waals surface area (Å²) < 4.78 is 6.05. The van der Waals surface area contributed by atoms with Gasteiger partial charge in [0, 0.05) is 11.4 Å². The molecule has 0 atom stereocenters. The predicted octanol–water partition coefficient (Wildman–Crippen LogP) is 1.98.